The Hall–Kier alpha value is -2.67. The van der Waals surface area contributed by atoms with Crippen molar-refractivity contribution in [2.24, 2.45) is 0 Å². The second-order valence-corrected chi connectivity index (χ2v) is 7.38. The topological polar surface area (TPSA) is 70.5 Å². The molecule has 0 unspecified atom stereocenters. The predicted octanol–water partition coefficient (Wildman–Crippen LogP) is 2.36. The van der Waals surface area contributed by atoms with Gasteiger partial charge in [-0.05, 0) is 50.2 Å². The Morgan fingerprint density at radius 2 is 1.89 bits per heavy atom. The predicted molar refractivity (Wildman–Crippen MR) is 112 cm³/mol. The van der Waals surface area contributed by atoms with Crippen LogP contribution in [0.5, 0.6) is 0 Å². The van der Waals surface area contributed by atoms with Gasteiger partial charge in [-0.3, -0.25) is 9.59 Å². The molecule has 0 bridgehead atoms. The summed E-state index contributed by atoms with van der Waals surface area (Å²) in [6, 6.07) is 8.98. The van der Waals surface area contributed by atoms with Crippen LogP contribution in [0, 0.1) is 6.92 Å². The lowest BCUT2D eigenvalue weighted by molar-refractivity contribution is 0.101. The largest absolute Gasteiger partial charge is 0.369 e. The van der Waals surface area contributed by atoms with Gasteiger partial charge >= 0.3 is 0 Å². The summed E-state index contributed by atoms with van der Waals surface area (Å²) in [5.74, 6) is -0.305. The maximum Gasteiger partial charge on any atom is 0.276 e. The van der Waals surface area contributed by atoms with E-state index in [4.69, 9.17) is 0 Å². The molecule has 1 aliphatic heterocycles. The first-order valence-electron chi connectivity index (χ1n) is 9.91. The minimum Gasteiger partial charge on any atom is -0.369 e. The molecule has 0 saturated carbocycles. The Labute approximate surface area is 166 Å². The summed E-state index contributed by atoms with van der Waals surface area (Å²) in [6.07, 6.45) is 1.81. The molecule has 7 nitrogen and oxygen atoms in total. The van der Waals surface area contributed by atoms with E-state index in [1.54, 1.807) is 0 Å². The van der Waals surface area contributed by atoms with Crippen LogP contribution in [0.3, 0.4) is 0 Å². The molecule has 1 N–H and O–H groups in total. The number of nitrogens with zero attached hydrogens (tertiary/aromatic N) is 4. The molecule has 28 heavy (non-hydrogen) atoms. The van der Waals surface area contributed by atoms with Crippen molar-refractivity contribution in [1.29, 1.82) is 0 Å². The number of aromatic nitrogens is 2. The molecule has 1 aromatic carbocycles. The molecule has 7 heteroatoms. The summed E-state index contributed by atoms with van der Waals surface area (Å²) < 4.78 is 1.36. The molecule has 2 aromatic rings. The number of carbonyl (C=O) groups excluding carboxylic acids is 1. The van der Waals surface area contributed by atoms with Crippen LogP contribution in [0.4, 0.5) is 11.4 Å². The van der Waals surface area contributed by atoms with E-state index >= 15 is 0 Å². The van der Waals surface area contributed by atoms with E-state index in [0.29, 0.717) is 6.54 Å². The van der Waals surface area contributed by atoms with Gasteiger partial charge in [-0.15, -0.1) is 0 Å². The molecule has 1 saturated heterocycles. The van der Waals surface area contributed by atoms with Gasteiger partial charge in [0.05, 0.1) is 0 Å². The Bertz CT molecular complexity index is 885. The van der Waals surface area contributed by atoms with Gasteiger partial charge in [-0.25, -0.2) is 4.68 Å². The van der Waals surface area contributed by atoms with Crippen LogP contribution >= 0.6 is 0 Å². The Kier molecular flexibility index (Phi) is 6.46. The van der Waals surface area contributed by atoms with E-state index in [1.165, 1.54) is 22.5 Å². The smallest absolute Gasteiger partial charge is 0.276 e. The average molecular weight is 383 g/mol. The number of benzene rings is 1. The first-order valence-corrected chi connectivity index (χ1v) is 9.91. The number of piperazine rings is 1. The van der Waals surface area contributed by atoms with Crippen LogP contribution in [0.1, 0.15) is 35.8 Å². The number of amides is 1. The van der Waals surface area contributed by atoms with Crippen molar-refractivity contribution < 1.29 is 4.79 Å². The second-order valence-electron chi connectivity index (χ2n) is 7.38. The number of nitrogens with one attached hydrogen (secondary N) is 1. The van der Waals surface area contributed by atoms with Crippen LogP contribution < -0.4 is 15.8 Å². The number of hydrogen-bond donors (Lipinski definition) is 1. The summed E-state index contributed by atoms with van der Waals surface area (Å²) in [5, 5.41) is 7.14. The highest BCUT2D eigenvalue weighted by Gasteiger charge is 2.16. The highest BCUT2D eigenvalue weighted by Crippen LogP contribution is 2.24. The SMILES string of the molecule is CCCCn1nc(C(=O)Nc2ccc(N3CCN(C)CC3)cc2C)ccc1=O. The highest BCUT2D eigenvalue weighted by molar-refractivity contribution is 6.03. The van der Waals surface area contributed by atoms with E-state index in [9.17, 15) is 9.59 Å². The Morgan fingerprint density at radius 1 is 1.14 bits per heavy atom. The van der Waals surface area contributed by atoms with Crippen LogP contribution in [0.15, 0.2) is 35.1 Å². The maximum atomic E-state index is 12.6. The van der Waals surface area contributed by atoms with Gasteiger partial charge < -0.3 is 15.1 Å². The van der Waals surface area contributed by atoms with Crippen LogP contribution in [0.25, 0.3) is 0 Å². The number of likely N-dealkylation sites (N-methyl/N-ethyl adjacent to an activating group) is 1. The summed E-state index contributed by atoms with van der Waals surface area (Å²) >= 11 is 0. The Morgan fingerprint density at radius 3 is 2.57 bits per heavy atom. The van der Waals surface area contributed by atoms with Gasteiger partial charge in [0.25, 0.3) is 11.5 Å². The molecular formula is C21H29N5O2. The fourth-order valence-electron chi connectivity index (χ4n) is 3.27. The molecule has 1 aromatic heterocycles. The number of hydrogen-bond acceptors (Lipinski definition) is 5. The van der Waals surface area contributed by atoms with Crippen LogP contribution in [0.2, 0.25) is 0 Å². The molecule has 0 spiro atoms. The normalized spacial score (nSPS) is 14.9. The lowest BCUT2D eigenvalue weighted by Gasteiger charge is -2.34. The molecule has 0 aliphatic carbocycles. The molecule has 0 atom stereocenters. The highest BCUT2D eigenvalue weighted by atomic mass is 16.2. The van der Waals surface area contributed by atoms with Crippen LogP contribution in [-0.4, -0.2) is 53.8 Å². The van der Waals surface area contributed by atoms with Gasteiger partial charge in [0, 0.05) is 50.2 Å². The molecular weight excluding hydrogens is 354 g/mol. The zero-order chi connectivity index (χ0) is 20.1. The van der Waals surface area contributed by atoms with E-state index in [1.807, 2.05) is 19.1 Å². The maximum absolute atomic E-state index is 12.6. The van der Waals surface area contributed by atoms with Gasteiger partial charge in [-0.1, -0.05) is 13.3 Å². The lowest BCUT2D eigenvalue weighted by atomic mass is 10.1. The number of anilines is 2. The number of unbranched alkanes of at least 4 members (excludes halogenated alkanes) is 1. The third-order valence-corrected chi connectivity index (χ3v) is 5.15. The number of rotatable bonds is 6. The summed E-state index contributed by atoms with van der Waals surface area (Å²) in [6.45, 7) is 8.68. The number of carbonyl (C=O) groups is 1. The van der Waals surface area contributed by atoms with Crippen molar-refractivity contribution in [2.45, 2.75) is 33.2 Å². The third-order valence-electron chi connectivity index (χ3n) is 5.15. The minimum absolute atomic E-state index is 0.183. The van der Waals surface area contributed by atoms with E-state index in [0.717, 1.165) is 50.3 Å². The quantitative estimate of drug-likeness (QED) is 0.829. The van der Waals surface area contributed by atoms with Gasteiger partial charge in [0.1, 0.15) is 5.69 Å². The van der Waals surface area contributed by atoms with Gasteiger partial charge in [-0.2, -0.15) is 5.10 Å². The lowest BCUT2D eigenvalue weighted by Crippen LogP contribution is -2.44. The zero-order valence-electron chi connectivity index (χ0n) is 16.9. The molecule has 1 fully saturated rings. The molecule has 3 rings (SSSR count). The van der Waals surface area contributed by atoms with Gasteiger partial charge in [0.15, 0.2) is 0 Å². The van der Waals surface area contributed by atoms with E-state index in [2.05, 4.69) is 40.3 Å². The van der Waals surface area contributed by atoms with Gasteiger partial charge in [0.2, 0.25) is 0 Å². The first kappa shape index (κ1) is 20.1. The van der Waals surface area contributed by atoms with Crippen molar-refractivity contribution in [3.8, 4) is 0 Å². The third kappa shape index (κ3) is 4.78. The van der Waals surface area contributed by atoms with Crippen LogP contribution in [-0.2, 0) is 6.54 Å². The fraction of sp³-hybridized carbons (Fsp3) is 0.476. The van der Waals surface area contributed by atoms with Crippen molar-refractivity contribution >= 4 is 17.3 Å². The molecule has 1 aliphatic rings. The summed E-state index contributed by atoms with van der Waals surface area (Å²) in [7, 11) is 2.14. The van der Waals surface area contributed by atoms with Crippen molar-refractivity contribution in [3.05, 3.63) is 51.9 Å². The molecule has 1 amide bonds. The minimum atomic E-state index is -0.305. The molecule has 0 radical (unpaired) electrons. The average Bonchev–Trinajstić information content (AvgIpc) is 2.69. The van der Waals surface area contributed by atoms with Crippen molar-refractivity contribution in [2.75, 3.05) is 43.4 Å². The molecule has 150 valence electrons. The number of aryl methyl sites for hydroxylation is 2. The van der Waals surface area contributed by atoms with Crippen molar-refractivity contribution in [1.82, 2.24) is 14.7 Å². The summed E-state index contributed by atoms with van der Waals surface area (Å²) in [5.41, 5.74) is 3.01. The Balaban J connectivity index is 1.71. The second kappa shape index (κ2) is 9.01. The van der Waals surface area contributed by atoms with E-state index < -0.39 is 0 Å². The standard InChI is InChI=1S/C21H29N5O2/c1-4-5-10-26-20(27)9-8-19(23-26)21(28)22-18-7-6-17(15-16(18)2)25-13-11-24(3)12-14-25/h6-9,15H,4-5,10-14H2,1-3H3,(H,22,28). The fourth-order valence-corrected chi connectivity index (χ4v) is 3.27. The first-order chi connectivity index (χ1) is 13.5. The van der Waals surface area contributed by atoms with Crippen molar-refractivity contribution in [3.63, 3.8) is 0 Å². The van der Waals surface area contributed by atoms with E-state index in [-0.39, 0.29) is 17.2 Å². The monoisotopic (exact) mass is 383 g/mol. The summed E-state index contributed by atoms with van der Waals surface area (Å²) in [4.78, 5) is 29.2. The zero-order valence-corrected chi connectivity index (χ0v) is 16.9. The molecule has 2 heterocycles.